The molecule has 0 spiro atoms. The number of aliphatic imine (C=N–C) groups is 1. The Labute approximate surface area is 163 Å². The Morgan fingerprint density at radius 2 is 1.81 bits per heavy atom. The third-order valence-electron chi connectivity index (χ3n) is 4.98. The van der Waals surface area contributed by atoms with Gasteiger partial charge in [0, 0.05) is 39.1 Å². The second-order valence-corrected chi connectivity index (χ2v) is 7.28. The number of carbonyl (C=O) groups excluding carboxylic acids is 1. The molecule has 6 heteroatoms. The van der Waals surface area contributed by atoms with Crippen molar-refractivity contribution in [3.8, 4) is 0 Å². The molecule has 1 aliphatic heterocycles. The zero-order valence-electron chi connectivity index (χ0n) is 17.1. The number of nitrogens with zero attached hydrogens (tertiary/aromatic N) is 2. The number of hydrogen-bond donors (Lipinski definition) is 3. The van der Waals surface area contributed by atoms with E-state index in [-0.39, 0.29) is 11.9 Å². The van der Waals surface area contributed by atoms with Crippen LogP contribution in [0.4, 0.5) is 0 Å². The summed E-state index contributed by atoms with van der Waals surface area (Å²) in [7, 11) is 1.74. The molecule has 2 rings (SSSR count). The van der Waals surface area contributed by atoms with Crippen LogP contribution in [0.2, 0.25) is 0 Å². The van der Waals surface area contributed by atoms with Crippen molar-refractivity contribution in [1.29, 1.82) is 0 Å². The Morgan fingerprint density at radius 1 is 1.15 bits per heavy atom. The van der Waals surface area contributed by atoms with Crippen LogP contribution in [0.5, 0.6) is 0 Å². The van der Waals surface area contributed by atoms with Crippen LogP contribution >= 0.6 is 0 Å². The maximum Gasteiger partial charge on any atom is 0.221 e. The fourth-order valence-electron chi connectivity index (χ4n) is 3.11. The van der Waals surface area contributed by atoms with Crippen LogP contribution in [0, 0.1) is 0 Å². The number of carbonyl (C=O) groups is 1. The number of guanidine groups is 1. The third kappa shape index (κ3) is 7.99. The summed E-state index contributed by atoms with van der Waals surface area (Å²) in [4.78, 5) is 18.5. The third-order valence-corrected chi connectivity index (χ3v) is 4.98. The highest BCUT2D eigenvalue weighted by Crippen LogP contribution is 2.13. The van der Waals surface area contributed by atoms with Gasteiger partial charge in [0.1, 0.15) is 0 Å². The van der Waals surface area contributed by atoms with Gasteiger partial charge in [-0.3, -0.25) is 14.7 Å². The maximum atomic E-state index is 11.8. The van der Waals surface area contributed by atoms with Gasteiger partial charge in [0.05, 0.1) is 0 Å². The lowest BCUT2D eigenvalue weighted by molar-refractivity contribution is -0.121. The fraction of sp³-hybridized carbons (Fsp3) is 0.619. The van der Waals surface area contributed by atoms with Gasteiger partial charge in [-0.2, -0.15) is 0 Å². The molecular weight excluding hydrogens is 338 g/mol. The van der Waals surface area contributed by atoms with Gasteiger partial charge in [-0.25, -0.2) is 0 Å². The van der Waals surface area contributed by atoms with Gasteiger partial charge in [-0.15, -0.1) is 0 Å². The Kier molecular flexibility index (Phi) is 9.11. The Morgan fingerprint density at radius 3 is 2.44 bits per heavy atom. The van der Waals surface area contributed by atoms with Gasteiger partial charge in [0.25, 0.3) is 0 Å². The van der Waals surface area contributed by atoms with Crippen molar-refractivity contribution < 1.29 is 4.79 Å². The van der Waals surface area contributed by atoms with Crippen LogP contribution in [-0.2, 0) is 17.9 Å². The molecule has 0 bridgehead atoms. The van der Waals surface area contributed by atoms with Crippen molar-refractivity contribution in [3.63, 3.8) is 0 Å². The van der Waals surface area contributed by atoms with Crippen LogP contribution in [0.15, 0.2) is 29.3 Å². The van der Waals surface area contributed by atoms with Crippen LogP contribution in [0.25, 0.3) is 0 Å². The van der Waals surface area contributed by atoms with Crippen LogP contribution < -0.4 is 16.0 Å². The molecule has 150 valence electrons. The van der Waals surface area contributed by atoms with Gasteiger partial charge in [-0.05, 0) is 50.4 Å². The molecule has 3 N–H and O–H groups in total. The monoisotopic (exact) mass is 373 g/mol. The minimum atomic E-state index is 0.0703. The summed E-state index contributed by atoms with van der Waals surface area (Å²) in [6.45, 7) is 8.85. The minimum Gasteiger partial charge on any atom is -0.356 e. The van der Waals surface area contributed by atoms with E-state index >= 15 is 0 Å². The van der Waals surface area contributed by atoms with Crippen molar-refractivity contribution in [2.75, 3.05) is 26.7 Å². The summed E-state index contributed by atoms with van der Waals surface area (Å²) in [5, 5.41) is 9.46. The van der Waals surface area contributed by atoms with E-state index in [4.69, 9.17) is 0 Å². The first-order valence-electron chi connectivity index (χ1n) is 10.1. The average Bonchev–Trinajstić information content (AvgIpc) is 3.18. The Balaban J connectivity index is 1.68. The fourth-order valence-corrected chi connectivity index (χ4v) is 3.11. The molecule has 0 saturated carbocycles. The van der Waals surface area contributed by atoms with E-state index in [0.717, 1.165) is 13.0 Å². The summed E-state index contributed by atoms with van der Waals surface area (Å²) in [6, 6.07) is 9.00. The van der Waals surface area contributed by atoms with E-state index in [1.807, 2.05) is 6.92 Å². The highest BCUT2D eigenvalue weighted by Gasteiger charge is 2.11. The number of benzene rings is 1. The van der Waals surface area contributed by atoms with Gasteiger partial charge in [0.2, 0.25) is 5.91 Å². The summed E-state index contributed by atoms with van der Waals surface area (Å²) in [5.74, 6) is 0.786. The lowest BCUT2D eigenvalue weighted by atomic mass is 10.1. The minimum absolute atomic E-state index is 0.0703. The molecular formula is C21H35N5O. The van der Waals surface area contributed by atoms with E-state index in [9.17, 15) is 4.79 Å². The Hall–Kier alpha value is -2.08. The molecule has 1 saturated heterocycles. The van der Waals surface area contributed by atoms with Gasteiger partial charge >= 0.3 is 0 Å². The molecule has 6 nitrogen and oxygen atoms in total. The van der Waals surface area contributed by atoms with E-state index < -0.39 is 0 Å². The molecule has 1 unspecified atom stereocenters. The van der Waals surface area contributed by atoms with Gasteiger partial charge in [-0.1, -0.05) is 31.2 Å². The molecule has 27 heavy (non-hydrogen) atoms. The van der Waals surface area contributed by atoms with E-state index in [1.165, 1.54) is 37.1 Å². The predicted octanol–water partition coefficient (Wildman–Crippen LogP) is 2.25. The topological polar surface area (TPSA) is 68.8 Å². The molecule has 1 heterocycles. The van der Waals surface area contributed by atoms with E-state index in [2.05, 4.69) is 57.0 Å². The molecule has 1 amide bonds. The highest BCUT2D eigenvalue weighted by atomic mass is 16.1. The second kappa shape index (κ2) is 11.6. The lowest BCUT2D eigenvalue weighted by Gasteiger charge is -2.15. The normalized spacial score (nSPS) is 16.2. The van der Waals surface area contributed by atoms with Crippen LogP contribution in [-0.4, -0.2) is 49.5 Å². The highest BCUT2D eigenvalue weighted by molar-refractivity contribution is 5.81. The molecule has 1 aromatic rings. The molecule has 1 fully saturated rings. The largest absolute Gasteiger partial charge is 0.356 e. The van der Waals surface area contributed by atoms with Crippen molar-refractivity contribution in [3.05, 3.63) is 35.4 Å². The zero-order valence-corrected chi connectivity index (χ0v) is 17.1. The SMILES string of the molecule is CCC(C)NC(=O)CCNC(=NC)NCc1ccc(CN2CCCC2)cc1. The predicted molar refractivity (Wildman–Crippen MR) is 112 cm³/mol. The number of hydrogen-bond acceptors (Lipinski definition) is 3. The molecule has 0 aliphatic carbocycles. The van der Waals surface area contributed by atoms with E-state index in [0.29, 0.717) is 25.5 Å². The summed E-state index contributed by atoms with van der Waals surface area (Å²) < 4.78 is 0. The van der Waals surface area contributed by atoms with Crippen LogP contribution in [0.3, 0.4) is 0 Å². The van der Waals surface area contributed by atoms with Crippen molar-refractivity contribution in [2.45, 2.75) is 58.7 Å². The standard InChI is InChI=1S/C21H35N5O/c1-4-17(2)25-20(27)11-12-23-21(22-3)24-15-18-7-9-19(10-8-18)16-26-13-5-6-14-26/h7-10,17H,4-6,11-16H2,1-3H3,(H,25,27)(H2,22,23,24). The summed E-state index contributed by atoms with van der Waals surface area (Å²) in [5.41, 5.74) is 2.59. The van der Waals surface area contributed by atoms with Crippen LogP contribution in [0.1, 0.15) is 50.7 Å². The molecule has 1 aliphatic rings. The number of amides is 1. The molecule has 1 atom stereocenters. The smallest absolute Gasteiger partial charge is 0.221 e. The van der Waals surface area contributed by atoms with E-state index in [1.54, 1.807) is 7.05 Å². The first-order valence-corrected chi connectivity index (χ1v) is 10.1. The Bertz CT molecular complexity index is 593. The van der Waals surface area contributed by atoms with Crippen molar-refractivity contribution >= 4 is 11.9 Å². The zero-order chi connectivity index (χ0) is 19.5. The quantitative estimate of drug-likeness (QED) is 0.459. The molecule has 0 aromatic heterocycles. The average molecular weight is 374 g/mol. The molecule has 1 aromatic carbocycles. The first-order chi connectivity index (χ1) is 13.1. The maximum absolute atomic E-state index is 11.8. The first kappa shape index (κ1) is 21.2. The number of nitrogens with one attached hydrogen (secondary N) is 3. The molecule has 0 radical (unpaired) electrons. The summed E-state index contributed by atoms with van der Waals surface area (Å²) >= 11 is 0. The van der Waals surface area contributed by atoms with Gasteiger partial charge < -0.3 is 16.0 Å². The van der Waals surface area contributed by atoms with Crippen molar-refractivity contribution in [2.24, 2.45) is 4.99 Å². The van der Waals surface area contributed by atoms with Crippen molar-refractivity contribution in [1.82, 2.24) is 20.9 Å². The summed E-state index contributed by atoms with van der Waals surface area (Å²) in [6.07, 6.45) is 4.04. The lowest BCUT2D eigenvalue weighted by Crippen LogP contribution is -2.40. The number of rotatable bonds is 9. The van der Waals surface area contributed by atoms with Gasteiger partial charge in [0.15, 0.2) is 5.96 Å². The second-order valence-electron chi connectivity index (χ2n) is 7.28. The number of likely N-dealkylation sites (tertiary alicyclic amines) is 1.